The van der Waals surface area contributed by atoms with Gasteiger partial charge in [0.1, 0.15) is 5.75 Å². The van der Waals surface area contributed by atoms with Gasteiger partial charge in [0.05, 0.1) is 12.0 Å². The minimum Gasteiger partial charge on any atom is -0.497 e. The maximum absolute atomic E-state index is 12.0. The van der Waals surface area contributed by atoms with Crippen LogP contribution in [0.3, 0.4) is 0 Å². The van der Waals surface area contributed by atoms with Crippen LogP contribution < -0.4 is 15.4 Å². The fourth-order valence-corrected chi connectivity index (χ4v) is 3.15. The van der Waals surface area contributed by atoms with E-state index in [2.05, 4.69) is 10.6 Å². The summed E-state index contributed by atoms with van der Waals surface area (Å²) in [5, 5.41) is 6.58. The molecule has 0 unspecified atom stereocenters. The second-order valence-corrected chi connectivity index (χ2v) is 8.03. The molecule has 2 N–H and O–H groups in total. The lowest BCUT2D eigenvalue weighted by molar-refractivity contribution is 0.414. The fourth-order valence-electron chi connectivity index (χ4n) is 2.06. The Balaban J connectivity index is 1.94. The van der Waals surface area contributed by atoms with Crippen LogP contribution in [-0.2, 0) is 16.6 Å². The summed E-state index contributed by atoms with van der Waals surface area (Å²) in [5.74, 6) is 0.788. The first kappa shape index (κ1) is 19.2. The van der Waals surface area contributed by atoms with E-state index in [1.165, 1.54) is 18.4 Å². The summed E-state index contributed by atoms with van der Waals surface area (Å²) in [6, 6.07) is 14.1. The molecule has 0 aromatic heterocycles. The van der Waals surface area contributed by atoms with Gasteiger partial charge in [0, 0.05) is 26.3 Å². The third-order valence-electron chi connectivity index (χ3n) is 3.48. The van der Waals surface area contributed by atoms with Crippen molar-refractivity contribution in [3.05, 3.63) is 54.1 Å². The molecule has 0 aliphatic carbocycles. The summed E-state index contributed by atoms with van der Waals surface area (Å²) in [6.45, 7) is 0.552. The maximum atomic E-state index is 12.0. The van der Waals surface area contributed by atoms with Gasteiger partial charge in [-0.25, -0.2) is 12.7 Å². The molecule has 0 saturated carbocycles. The van der Waals surface area contributed by atoms with Gasteiger partial charge in [0.25, 0.3) is 0 Å². The van der Waals surface area contributed by atoms with Crippen molar-refractivity contribution < 1.29 is 13.2 Å². The Bertz CT molecular complexity index is 834. The Kier molecular flexibility index (Phi) is 6.35. The van der Waals surface area contributed by atoms with E-state index in [0.29, 0.717) is 17.3 Å². The van der Waals surface area contributed by atoms with Gasteiger partial charge in [-0.1, -0.05) is 12.1 Å². The number of nitrogens with one attached hydrogen (secondary N) is 2. The van der Waals surface area contributed by atoms with Gasteiger partial charge in [0.2, 0.25) is 10.0 Å². The largest absolute Gasteiger partial charge is 0.497 e. The van der Waals surface area contributed by atoms with E-state index in [1.54, 1.807) is 31.4 Å². The van der Waals surface area contributed by atoms with E-state index in [4.69, 9.17) is 17.0 Å². The minimum absolute atomic E-state index is 0.235. The monoisotopic (exact) mass is 379 g/mol. The molecule has 0 bridgehead atoms. The lowest BCUT2D eigenvalue weighted by atomic mass is 10.2. The van der Waals surface area contributed by atoms with Crippen LogP contribution in [0.15, 0.2) is 53.4 Å². The Labute approximate surface area is 153 Å². The zero-order valence-corrected chi connectivity index (χ0v) is 15.9. The summed E-state index contributed by atoms with van der Waals surface area (Å²) in [5.41, 5.74) is 1.75. The average Bonchev–Trinajstić information content (AvgIpc) is 2.60. The molecule has 8 heteroatoms. The van der Waals surface area contributed by atoms with Crippen LogP contribution in [0.2, 0.25) is 0 Å². The van der Waals surface area contributed by atoms with E-state index in [9.17, 15) is 8.42 Å². The van der Waals surface area contributed by atoms with Gasteiger partial charge in [-0.15, -0.1) is 0 Å². The lowest BCUT2D eigenvalue weighted by Crippen LogP contribution is -2.28. The Morgan fingerprint density at radius 3 is 2.44 bits per heavy atom. The highest BCUT2D eigenvalue weighted by atomic mass is 32.2. The molecule has 0 saturated heterocycles. The van der Waals surface area contributed by atoms with E-state index < -0.39 is 10.0 Å². The highest BCUT2D eigenvalue weighted by Crippen LogP contribution is 2.17. The average molecular weight is 380 g/mol. The van der Waals surface area contributed by atoms with Crippen LogP contribution >= 0.6 is 12.2 Å². The second kappa shape index (κ2) is 8.28. The predicted octanol–water partition coefficient (Wildman–Crippen LogP) is 2.43. The number of nitrogens with zero attached hydrogens (tertiary/aromatic N) is 1. The molecule has 0 atom stereocenters. The molecule has 0 amide bonds. The number of sulfonamides is 1. The molecule has 0 aliphatic rings. The Hall–Kier alpha value is -2.16. The van der Waals surface area contributed by atoms with Gasteiger partial charge in [-0.3, -0.25) is 0 Å². The number of hydrogen-bond acceptors (Lipinski definition) is 4. The summed E-state index contributed by atoms with van der Waals surface area (Å²) >= 11 is 5.26. The van der Waals surface area contributed by atoms with Crippen LogP contribution in [0.25, 0.3) is 0 Å². The number of ether oxygens (including phenoxy) is 1. The van der Waals surface area contributed by atoms with Crippen molar-refractivity contribution in [2.45, 2.75) is 11.4 Å². The maximum Gasteiger partial charge on any atom is 0.242 e. The van der Waals surface area contributed by atoms with Gasteiger partial charge < -0.3 is 15.4 Å². The number of hydrogen-bond donors (Lipinski definition) is 2. The van der Waals surface area contributed by atoms with Crippen LogP contribution in [0.5, 0.6) is 5.75 Å². The van der Waals surface area contributed by atoms with E-state index in [1.807, 2.05) is 24.3 Å². The summed E-state index contributed by atoms with van der Waals surface area (Å²) in [4.78, 5) is 0.235. The van der Waals surface area contributed by atoms with Crippen LogP contribution in [-0.4, -0.2) is 39.0 Å². The van der Waals surface area contributed by atoms with Crippen molar-refractivity contribution in [1.29, 1.82) is 0 Å². The molecule has 25 heavy (non-hydrogen) atoms. The molecular formula is C17H21N3O3S2. The molecule has 134 valence electrons. The Morgan fingerprint density at radius 1 is 1.16 bits per heavy atom. The summed E-state index contributed by atoms with van der Waals surface area (Å²) < 4.78 is 30.4. The zero-order valence-electron chi connectivity index (χ0n) is 14.3. The standard InChI is InChI=1S/C17H21N3O3S2/c1-20(2)25(21,22)16-9-7-14(8-10-16)19-17(24)18-12-13-5-4-6-15(11-13)23-3/h4-11H,12H2,1-3H3,(H2,18,19,24). The molecule has 0 spiro atoms. The molecule has 2 aromatic carbocycles. The van der Waals surface area contributed by atoms with E-state index >= 15 is 0 Å². The van der Waals surface area contributed by atoms with Crippen molar-refractivity contribution >= 4 is 33.0 Å². The molecule has 0 aliphatic heterocycles. The smallest absolute Gasteiger partial charge is 0.242 e. The third kappa shape index (κ3) is 5.15. The topological polar surface area (TPSA) is 70.7 Å². The highest BCUT2D eigenvalue weighted by Gasteiger charge is 2.16. The number of benzene rings is 2. The van der Waals surface area contributed by atoms with Crippen molar-refractivity contribution in [1.82, 2.24) is 9.62 Å². The second-order valence-electron chi connectivity index (χ2n) is 5.47. The fraction of sp³-hybridized carbons (Fsp3) is 0.235. The van der Waals surface area contributed by atoms with Gasteiger partial charge >= 0.3 is 0 Å². The van der Waals surface area contributed by atoms with Crippen molar-refractivity contribution in [3.63, 3.8) is 0 Å². The van der Waals surface area contributed by atoms with Gasteiger partial charge in [-0.2, -0.15) is 0 Å². The molecule has 2 rings (SSSR count). The Morgan fingerprint density at radius 2 is 1.84 bits per heavy atom. The summed E-state index contributed by atoms with van der Waals surface area (Å²) in [7, 11) is 1.19. The van der Waals surface area contributed by atoms with Gasteiger partial charge in [0.15, 0.2) is 5.11 Å². The van der Waals surface area contributed by atoms with Crippen LogP contribution in [0, 0.1) is 0 Å². The molecular weight excluding hydrogens is 358 g/mol. The van der Waals surface area contributed by atoms with Gasteiger partial charge in [-0.05, 0) is 54.2 Å². The van der Waals surface area contributed by atoms with Crippen molar-refractivity contribution in [3.8, 4) is 5.75 Å². The number of anilines is 1. The first-order chi connectivity index (χ1) is 11.8. The van der Waals surface area contributed by atoms with Crippen LogP contribution in [0.1, 0.15) is 5.56 Å². The lowest BCUT2D eigenvalue weighted by Gasteiger charge is -2.13. The number of thiocarbonyl (C=S) groups is 1. The molecule has 0 radical (unpaired) electrons. The molecule has 0 fully saturated rings. The predicted molar refractivity (Wildman–Crippen MR) is 103 cm³/mol. The molecule has 0 heterocycles. The van der Waals surface area contributed by atoms with E-state index in [0.717, 1.165) is 11.3 Å². The normalized spacial score (nSPS) is 11.2. The summed E-state index contributed by atoms with van der Waals surface area (Å²) in [6.07, 6.45) is 0. The van der Waals surface area contributed by atoms with Crippen molar-refractivity contribution in [2.75, 3.05) is 26.5 Å². The highest BCUT2D eigenvalue weighted by molar-refractivity contribution is 7.89. The third-order valence-corrected chi connectivity index (χ3v) is 5.55. The quantitative estimate of drug-likeness (QED) is 0.751. The van der Waals surface area contributed by atoms with Crippen molar-refractivity contribution in [2.24, 2.45) is 0 Å². The minimum atomic E-state index is -3.43. The number of rotatable bonds is 6. The SMILES string of the molecule is COc1cccc(CNC(=S)Nc2ccc(S(=O)(=O)N(C)C)cc2)c1. The number of methoxy groups -OCH3 is 1. The first-order valence-corrected chi connectivity index (χ1v) is 9.38. The van der Waals surface area contributed by atoms with Crippen LogP contribution in [0.4, 0.5) is 5.69 Å². The molecule has 6 nitrogen and oxygen atoms in total. The zero-order chi connectivity index (χ0) is 18.4. The first-order valence-electron chi connectivity index (χ1n) is 7.53. The van der Waals surface area contributed by atoms with E-state index in [-0.39, 0.29) is 4.90 Å². The molecule has 2 aromatic rings.